The number of carbonyl (C=O) groups is 1. The van der Waals surface area contributed by atoms with Gasteiger partial charge >= 0.3 is 0 Å². The molecule has 1 fully saturated rings. The molecule has 84 valence electrons. The molecule has 0 unspecified atom stereocenters. The molecule has 2 aliphatic rings. The Morgan fingerprint density at radius 2 is 2.06 bits per heavy atom. The summed E-state index contributed by atoms with van der Waals surface area (Å²) in [6.07, 6.45) is 4.23. The third-order valence-electron chi connectivity index (χ3n) is 3.88. The molecular weight excluding hydrogens is 202 g/mol. The van der Waals surface area contributed by atoms with Crippen LogP contribution in [0.15, 0.2) is 18.2 Å². The summed E-state index contributed by atoms with van der Waals surface area (Å²) in [5.41, 5.74) is 1.84. The van der Waals surface area contributed by atoms with Crippen LogP contribution in [0.5, 0.6) is 5.75 Å². The zero-order valence-electron chi connectivity index (χ0n) is 9.38. The summed E-state index contributed by atoms with van der Waals surface area (Å²) in [5, 5.41) is 2.99. The van der Waals surface area contributed by atoms with Crippen LogP contribution in [0.4, 0.5) is 5.69 Å². The van der Waals surface area contributed by atoms with Crippen molar-refractivity contribution in [3.05, 3.63) is 23.8 Å². The van der Waals surface area contributed by atoms with E-state index >= 15 is 0 Å². The molecule has 1 aromatic carbocycles. The van der Waals surface area contributed by atoms with E-state index in [9.17, 15) is 4.79 Å². The number of anilines is 1. The highest BCUT2D eigenvalue weighted by Crippen LogP contribution is 2.49. The Morgan fingerprint density at radius 3 is 2.75 bits per heavy atom. The van der Waals surface area contributed by atoms with Crippen molar-refractivity contribution in [2.45, 2.75) is 31.1 Å². The molecule has 1 N–H and O–H groups in total. The summed E-state index contributed by atoms with van der Waals surface area (Å²) >= 11 is 0. The maximum absolute atomic E-state index is 12.1. The maximum Gasteiger partial charge on any atom is 0.235 e. The smallest absolute Gasteiger partial charge is 0.235 e. The predicted octanol–water partition coefficient (Wildman–Crippen LogP) is 2.46. The minimum atomic E-state index is -0.260. The maximum atomic E-state index is 12.1. The van der Waals surface area contributed by atoms with Crippen LogP contribution >= 0.6 is 0 Å². The molecule has 1 saturated carbocycles. The summed E-state index contributed by atoms with van der Waals surface area (Å²) in [7, 11) is 1.66. The summed E-state index contributed by atoms with van der Waals surface area (Å²) < 4.78 is 5.24. The van der Waals surface area contributed by atoms with Crippen LogP contribution in [-0.4, -0.2) is 13.0 Å². The Morgan fingerprint density at radius 1 is 1.31 bits per heavy atom. The molecule has 0 aromatic heterocycles. The van der Waals surface area contributed by atoms with Crippen LogP contribution in [-0.2, 0) is 10.2 Å². The second-order valence-corrected chi connectivity index (χ2v) is 4.65. The van der Waals surface area contributed by atoms with E-state index in [0.717, 1.165) is 42.7 Å². The number of amides is 1. The second kappa shape index (κ2) is 3.24. The minimum Gasteiger partial charge on any atom is -0.497 e. The lowest BCUT2D eigenvalue weighted by Crippen LogP contribution is -2.30. The zero-order chi connectivity index (χ0) is 11.2. The molecule has 1 heterocycles. The van der Waals surface area contributed by atoms with Gasteiger partial charge in [-0.3, -0.25) is 4.79 Å². The topological polar surface area (TPSA) is 38.3 Å². The van der Waals surface area contributed by atoms with Gasteiger partial charge in [-0.1, -0.05) is 12.8 Å². The summed E-state index contributed by atoms with van der Waals surface area (Å²) in [4.78, 5) is 12.1. The van der Waals surface area contributed by atoms with E-state index in [1.54, 1.807) is 7.11 Å². The van der Waals surface area contributed by atoms with Crippen molar-refractivity contribution in [1.82, 2.24) is 0 Å². The highest BCUT2D eigenvalue weighted by Gasteiger charge is 2.48. The SMILES string of the molecule is COc1ccc2c(c1)C1(CCCC1)C(=O)N2. The molecule has 3 rings (SSSR count). The van der Waals surface area contributed by atoms with Crippen molar-refractivity contribution >= 4 is 11.6 Å². The summed E-state index contributed by atoms with van der Waals surface area (Å²) in [5.74, 6) is 1.01. The van der Waals surface area contributed by atoms with E-state index in [4.69, 9.17) is 4.74 Å². The first-order valence-electron chi connectivity index (χ1n) is 5.76. The van der Waals surface area contributed by atoms with Gasteiger partial charge in [-0.15, -0.1) is 0 Å². The first kappa shape index (κ1) is 9.70. The van der Waals surface area contributed by atoms with E-state index in [1.165, 1.54) is 0 Å². The second-order valence-electron chi connectivity index (χ2n) is 4.65. The van der Waals surface area contributed by atoms with Crippen molar-refractivity contribution < 1.29 is 9.53 Å². The minimum absolute atomic E-state index is 0.174. The molecule has 1 aliphatic heterocycles. The third-order valence-corrected chi connectivity index (χ3v) is 3.88. The highest BCUT2D eigenvalue weighted by molar-refractivity contribution is 6.06. The first-order chi connectivity index (χ1) is 7.76. The van der Waals surface area contributed by atoms with Gasteiger partial charge in [0.25, 0.3) is 0 Å². The van der Waals surface area contributed by atoms with E-state index < -0.39 is 0 Å². The molecule has 0 radical (unpaired) electrons. The van der Waals surface area contributed by atoms with Gasteiger partial charge in [0.15, 0.2) is 0 Å². The van der Waals surface area contributed by atoms with E-state index in [-0.39, 0.29) is 11.3 Å². The molecule has 1 spiro atoms. The largest absolute Gasteiger partial charge is 0.497 e. The number of ether oxygens (including phenoxy) is 1. The molecule has 1 aliphatic carbocycles. The van der Waals surface area contributed by atoms with Gasteiger partial charge in [0, 0.05) is 5.69 Å². The van der Waals surface area contributed by atoms with Crippen molar-refractivity contribution in [2.75, 3.05) is 12.4 Å². The standard InChI is InChI=1S/C13H15NO2/c1-16-9-4-5-11-10(8-9)13(12(15)14-11)6-2-3-7-13/h4-5,8H,2-3,6-7H2,1H3,(H,14,15). The Kier molecular flexibility index (Phi) is 1.96. The number of nitrogens with one attached hydrogen (secondary N) is 1. The molecule has 0 bridgehead atoms. The van der Waals surface area contributed by atoms with Crippen LogP contribution in [0.25, 0.3) is 0 Å². The molecule has 0 saturated heterocycles. The normalized spacial score (nSPS) is 20.9. The van der Waals surface area contributed by atoms with Crippen LogP contribution in [0, 0.1) is 0 Å². The quantitative estimate of drug-likeness (QED) is 0.784. The number of carbonyl (C=O) groups excluding carboxylic acids is 1. The lowest BCUT2D eigenvalue weighted by molar-refractivity contribution is -0.120. The van der Waals surface area contributed by atoms with Gasteiger partial charge in [0.1, 0.15) is 5.75 Å². The molecular formula is C13H15NO2. The number of methoxy groups -OCH3 is 1. The Labute approximate surface area is 94.8 Å². The van der Waals surface area contributed by atoms with Gasteiger partial charge in [0.2, 0.25) is 5.91 Å². The number of rotatable bonds is 1. The summed E-state index contributed by atoms with van der Waals surface area (Å²) in [6.45, 7) is 0. The fraction of sp³-hybridized carbons (Fsp3) is 0.462. The van der Waals surface area contributed by atoms with Crippen LogP contribution in [0.3, 0.4) is 0 Å². The van der Waals surface area contributed by atoms with Gasteiger partial charge in [0.05, 0.1) is 12.5 Å². The zero-order valence-corrected chi connectivity index (χ0v) is 9.38. The van der Waals surface area contributed by atoms with E-state index in [0.29, 0.717) is 0 Å². The highest BCUT2D eigenvalue weighted by atomic mass is 16.5. The van der Waals surface area contributed by atoms with E-state index in [1.807, 2.05) is 18.2 Å². The number of benzene rings is 1. The predicted molar refractivity (Wildman–Crippen MR) is 61.8 cm³/mol. The lowest BCUT2D eigenvalue weighted by Gasteiger charge is -2.20. The Hall–Kier alpha value is -1.51. The van der Waals surface area contributed by atoms with Crippen LogP contribution < -0.4 is 10.1 Å². The summed E-state index contributed by atoms with van der Waals surface area (Å²) in [6, 6.07) is 5.85. The van der Waals surface area contributed by atoms with Gasteiger partial charge < -0.3 is 10.1 Å². The van der Waals surface area contributed by atoms with Crippen LogP contribution in [0.1, 0.15) is 31.2 Å². The molecule has 1 amide bonds. The number of fused-ring (bicyclic) bond motifs is 2. The van der Waals surface area contributed by atoms with Gasteiger partial charge in [-0.05, 0) is 36.6 Å². The molecule has 1 aromatic rings. The van der Waals surface area contributed by atoms with Crippen molar-refractivity contribution in [2.24, 2.45) is 0 Å². The first-order valence-corrected chi connectivity index (χ1v) is 5.76. The van der Waals surface area contributed by atoms with E-state index in [2.05, 4.69) is 5.32 Å². The Balaban J connectivity index is 2.14. The fourth-order valence-corrected chi connectivity index (χ4v) is 2.99. The lowest BCUT2D eigenvalue weighted by atomic mass is 9.80. The van der Waals surface area contributed by atoms with Crippen molar-refractivity contribution in [3.8, 4) is 5.75 Å². The molecule has 0 atom stereocenters. The molecule has 3 heteroatoms. The van der Waals surface area contributed by atoms with Gasteiger partial charge in [-0.25, -0.2) is 0 Å². The van der Waals surface area contributed by atoms with Crippen molar-refractivity contribution in [3.63, 3.8) is 0 Å². The fourth-order valence-electron chi connectivity index (χ4n) is 2.99. The molecule has 3 nitrogen and oxygen atoms in total. The average molecular weight is 217 g/mol. The number of hydrogen-bond donors (Lipinski definition) is 1. The van der Waals surface area contributed by atoms with Gasteiger partial charge in [-0.2, -0.15) is 0 Å². The van der Waals surface area contributed by atoms with Crippen LogP contribution in [0.2, 0.25) is 0 Å². The monoisotopic (exact) mass is 217 g/mol. The Bertz CT molecular complexity index is 447. The van der Waals surface area contributed by atoms with Crippen molar-refractivity contribution in [1.29, 1.82) is 0 Å². The average Bonchev–Trinajstić information content (AvgIpc) is 2.88. The third kappa shape index (κ3) is 1.11. The molecule has 16 heavy (non-hydrogen) atoms. The number of hydrogen-bond acceptors (Lipinski definition) is 2.